The molecular weight excluding hydrogens is 465 g/mol. The molecule has 0 saturated carbocycles. The van der Waals surface area contributed by atoms with Crippen molar-refractivity contribution in [1.82, 2.24) is 19.7 Å². The highest BCUT2D eigenvalue weighted by Crippen LogP contribution is 2.36. The Morgan fingerprint density at radius 1 is 1.30 bits per heavy atom. The molecule has 0 saturated heterocycles. The Balaban J connectivity index is 2.20. The lowest BCUT2D eigenvalue weighted by Gasteiger charge is -2.13. The summed E-state index contributed by atoms with van der Waals surface area (Å²) >= 11 is 5.86. The van der Waals surface area contributed by atoms with Crippen LogP contribution in [0.1, 0.15) is 36.6 Å². The van der Waals surface area contributed by atoms with E-state index in [1.54, 1.807) is 18.2 Å². The zero-order valence-electron chi connectivity index (χ0n) is 17.8. The molecule has 3 rings (SSSR count). The Morgan fingerprint density at radius 2 is 2.06 bits per heavy atom. The van der Waals surface area contributed by atoms with Crippen LogP contribution in [0.3, 0.4) is 0 Å². The van der Waals surface area contributed by atoms with Crippen molar-refractivity contribution >= 4 is 40.5 Å². The minimum atomic E-state index is -4.83. The van der Waals surface area contributed by atoms with Crippen LogP contribution in [0.15, 0.2) is 18.2 Å². The van der Waals surface area contributed by atoms with E-state index in [1.807, 2.05) is 12.2 Å². The topological polar surface area (TPSA) is 114 Å². The summed E-state index contributed by atoms with van der Waals surface area (Å²) in [5.41, 5.74) is -0.414. The van der Waals surface area contributed by atoms with Crippen LogP contribution in [-0.4, -0.2) is 44.6 Å². The quantitative estimate of drug-likeness (QED) is 0.290. The van der Waals surface area contributed by atoms with Crippen molar-refractivity contribution in [3.8, 4) is 5.75 Å². The van der Waals surface area contributed by atoms with Crippen molar-refractivity contribution in [3.05, 3.63) is 35.0 Å². The van der Waals surface area contributed by atoms with Crippen molar-refractivity contribution in [2.75, 3.05) is 24.3 Å². The van der Waals surface area contributed by atoms with Gasteiger partial charge < -0.3 is 15.2 Å². The molecule has 2 aromatic heterocycles. The molecule has 0 bridgehead atoms. The van der Waals surface area contributed by atoms with Gasteiger partial charge in [0.25, 0.3) is 0 Å². The average molecular weight is 487 g/mol. The Bertz CT molecular complexity index is 1150. The molecule has 0 fully saturated rings. The maximum atomic E-state index is 13.8. The number of carboxylic acid groups (broad SMARTS) is 1. The number of nitrogens with one attached hydrogen (secondary N) is 2. The van der Waals surface area contributed by atoms with Gasteiger partial charge in [-0.1, -0.05) is 25.5 Å². The van der Waals surface area contributed by atoms with E-state index in [0.717, 1.165) is 23.1 Å². The van der Waals surface area contributed by atoms with E-state index in [4.69, 9.17) is 21.4 Å². The molecule has 3 N–H and O–H groups in total. The number of amides is 1. The first kappa shape index (κ1) is 24.4. The van der Waals surface area contributed by atoms with Gasteiger partial charge in [-0.2, -0.15) is 23.3 Å². The van der Waals surface area contributed by atoms with Crippen molar-refractivity contribution in [1.29, 1.82) is 0 Å². The number of rotatable bonds is 9. The molecule has 0 radical (unpaired) electrons. The van der Waals surface area contributed by atoms with Crippen LogP contribution in [0.25, 0.3) is 11.0 Å². The summed E-state index contributed by atoms with van der Waals surface area (Å²) in [5.74, 6) is 0.244. The largest absolute Gasteiger partial charge is 0.496 e. The van der Waals surface area contributed by atoms with Crippen LogP contribution in [0.5, 0.6) is 5.75 Å². The molecule has 0 aliphatic heterocycles. The number of carbonyl (C=O) groups is 1. The van der Waals surface area contributed by atoms with Gasteiger partial charge in [0.1, 0.15) is 16.8 Å². The molecule has 1 amide bonds. The van der Waals surface area contributed by atoms with E-state index < -0.39 is 29.4 Å². The number of halogens is 4. The van der Waals surface area contributed by atoms with Gasteiger partial charge >= 0.3 is 12.3 Å². The van der Waals surface area contributed by atoms with Gasteiger partial charge in [-0.25, -0.2) is 9.78 Å². The van der Waals surface area contributed by atoms with Crippen LogP contribution in [0.2, 0.25) is 0 Å². The maximum Gasteiger partial charge on any atom is 0.437 e. The number of unbranched alkanes of at least 4 members (excludes halogenated alkanes) is 1. The Labute approximate surface area is 191 Å². The Hall–Kier alpha value is -3.28. The summed E-state index contributed by atoms with van der Waals surface area (Å²) in [5, 5.41) is 17.7. The van der Waals surface area contributed by atoms with Gasteiger partial charge in [-0.15, -0.1) is 11.6 Å². The van der Waals surface area contributed by atoms with Gasteiger partial charge in [-0.3, -0.25) is 10.00 Å². The summed E-state index contributed by atoms with van der Waals surface area (Å²) in [7, 11) is 1.45. The lowest BCUT2D eigenvalue weighted by molar-refractivity contribution is -0.140. The van der Waals surface area contributed by atoms with E-state index in [1.165, 1.54) is 7.11 Å². The number of ether oxygens (including phenoxy) is 1. The molecule has 0 atom stereocenters. The molecule has 9 nitrogen and oxygen atoms in total. The molecule has 1 aromatic carbocycles. The molecule has 0 aliphatic rings. The third kappa shape index (κ3) is 5.56. The van der Waals surface area contributed by atoms with Crippen LogP contribution in [0.4, 0.5) is 29.7 Å². The van der Waals surface area contributed by atoms with Gasteiger partial charge in [0.2, 0.25) is 5.95 Å². The van der Waals surface area contributed by atoms with Crippen molar-refractivity contribution in [3.63, 3.8) is 0 Å². The summed E-state index contributed by atoms with van der Waals surface area (Å²) in [4.78, 5) is 18.9. The summed E-state index contributed by atoms with van der Waals surface area (Å²) in [6.45, 7) is 2.29. The predicted octanol–water partition coefficient (Wildman–Crippen LogP) is 4.94. The minimum Gasteiger partial charge on any atom is -0.496 e. The van der Waals surface area contributed by atoms with Crippen LogP contribution >= 0.6 is 11.6 Å². The minimum absolute atomic E-state index is 0.00200. The van der Waals surface area contributed by atoms with Gasteiger partial charge in [0.15, 0.2) is 11.5 Å². The second-order valence-corrected chi connectivity index (χ2v) is 7.35. The Morgan fingerprint density at radius 3 is 2.67 bits per heavy atom. The molecule has 0 spiro atoms. The summed E-state index contributed by atoms with van der Waals surface area (Å²) < 4.78 is 48.0. The molecule has 3 aromatic rings. The highest BCUT2D eigenvalue weighted by molar-refractivity contribution is 6.17. The van der Waals surface area contributed by atoms with E-state index in [0.29, 0.717) is 17.9 Å². The fourth-order valence-electron chi connectivity index (χ4n) is 3.21. The van der Waals surface area contributed by atoms with Crippen LogP contribution < -0.4 is 15.4 Å². The smallest absolute Gasteiger partial charge is 0.437 e. The van der Waals surface area contributed by atoms with E-state index >= 15 is 0 Å². The van der Waals surface area contributed by atoms with Crippen LogP contribution in [0, 0.1) is 0 Å². The number of benzene rings is 1. The second-order valence-electron chi connectivity index (χ2n) is 7.09. The highest BCUT2D eigenvalue weighted by atomic mass is 35.5. The third-order valence-electron chi connectivity index (χ3n) is 4.72. The molecular formula is C20H22ClF3N6O3. The molecule has 0 unspecified atom stereocenters. The van der Waals surface area contributed by atoms with Gasteiger partial charge in [0, 0.05) is 18.0 Å². The summed E-state index contributed by atoms with van der Waals surface area (Å²) in [6.07, 6.45) is -4.77. The maximum absolute atomic E-state index is 13.8. The van der Waals surface area contributed by atoms with Crippen molar-refractivity contribution in [2.24, 2.45) is 0 Å². The van der Waals surface area contributed by atoms with Gasteiger partial charge in [0.05, 0.1) is 13.7 Å². The van der Waals surface area contributed by atoms with Crippen molar-refractivity contribution in [2.45, 2.75) is 38.4 Å². The predicted molar refractivity (Wildman–Crippen MR) is 117 cm³/mol. The number of nitrogens with zero attached hydrogens (tertiary/aromatic N) is 4. The Kier molecular flexibility index (Phi) is 7.46. The third-order valence-corrected chi connectivity index (χ3v) is 5.03. The van der Waals surface area contributed by atoms with Crippen molar-refractivity contribution < 1.29 is 27.8 Å². The highest BCUT2D eigenvalue weighted by Gasteiger charge is 2.39. The zero-order chi connectivity index (χ0) is 24.2. The number of anilines is 2. The first-order chi connectivity index (χ1) is 15.7. The number of alkyl halides is 4. The number of hydrogen-bond donors (Lipinski definition) is 3. The molecule has 33 heavy (non-hydrogen) atoms. The lowest BCUT2D eigenvalue weighted by Crippen LogP contribution is -2.14. The number of methoxy groups -OCH3 is 1. The SMILES string of the molecule is CCCCNc1nc(NC(=O)O)nc2c(C(F)(F)F)nn(Cc3ccc(CCl)cc3OC)c12. The lowest BCUT2D eigenvalue weighted by atomic mass is 10.1. The first-order valence-corrected chi connectivity index (χ1v) is 10.5. The molecule has 0 aliphatic carbocycles. The standard InChI is InChI=1S/C20H22ClF3N6O3/c1-3-4-7-25-17-15-14(26-18(27-17)28-19(31)32)16(20(22,23)24)29-30(15)10-12-6-5-11(9-21)8-13(12)33-2/h5-6,8H,3-4,7,9-10H2,1-2H3,(H,31,32)(H2,25,26,27,28). The van der Waals surface area contributed by atoms with E-state index in [2.05, 4.69) is 20.4 Å². The first-order valence-electron chi connectivity index (χ1n) is 9.99. The van der Waals surface area contributed by atoms with Crippen LogP contribution in [-0.2, 0) is 18.6 Å². The van der Waals surface area contributed by atoms with Gasteiger partial charge in [-0.05, 0) is 18.1 Å². The van der Waals surface area contributed by atoms with E-state index in [9.17, 15) is 18.0 Å². The average Bonchev–Trinajstić information content (AvgIpc) is 3.12. The zero-order valence-corrected chi connectivity index (χ0v) is 18.6. The number of hydrogen-bond acceptors (Lipinski definition) is 6. The normalized spacial score (nSPS) is 11.6. The summed E-state index contributed by atoms with van der Waals surface area (Å²) in [6, 6.07) is 5.14. The van der Waals surface area contributed by atoms with E-state index in [-0.39, 0.29) is 23.8 Å². The fourth-order valence-corrected chi connectivity index (χ4v) is 3.38. The molecule has 13 heteroatoms. The molecule has 178 valence electrons. The number of fused-ring (bicyclic) bond motifs is 1. The molecule has 2 heterocycles. The number of aromatic nitrogens is 4. The fraction of sp³-hybridized carbons (Fsp3) is 0.400. The monoisotopic (exact) mass is 486 g/mol. The second kappa shape index (κ2) is 10.1.